The topological polar surface area (TPSA) is 75.0 Å². The predicted octanol–water partition coefficient (Wildman–Crippen LogP) is 3.73. The normalized spacial score (nSPS) is 10.6. The van der Waals surface area contributed by atoms with Crippen molar-refractivity contribution in [1.82, 2.24) is 0 Å². The van der Waals surface area contributed by atoms with Gasteiger partial charge >= 0.3 is 11.6 Å². The van der Waals surface area contributed by atoms with E-state index in [1.807, 2.05) is 25.1 Å². The number of methoxy groups -OCH3 is 2. The molecule has 0 amide bonds. The zero-order valence-electron chi connectivity index (χ0n) is 15.4. The van der Waals surface area contributed by atoms with Gasteiger partial charge in [-0.25, -0.2) is 9.59 Å². The molecular weight excluding hydrogens is 348 g/mol. The average molecular weight is 368 g/mol. The Bertz CT molecular complexity index is 1030. The van der Waals surface area contributed by atoms with Crippen molar-refractivity contribution < 1.29 is 23.4 Å². The van der Waals surface area contributed by atoms with Gasteiger partial charge in [-0.3, -0.25) is 0 Å². The van der Waals surface area contributed by atoms with E-state index < -0.39 is 11.6 Å². The molecule has 6 nitrogen and oxygen atoms in total. The third-order valence-corrected chi connectivity index (χ3v) is 4.29. The van der Waals surface area contributed by atoms with E-state index in [-0.39, 0.29) is 12.2 Å². The Labute approximate surface area is 156 Å². The van der Waals surface area contributed by atoms with Gasteiger partial charge in [0.1, 0.15) is 29.3 Å². The number of hydrogen-bond donors (Lipinski definition) is 0. The van der Waals surface area contributed by atoms with Crippen molar-refractivity contribution in [1.29, 1.82) is 0 Å². The number of carbonyl (C=O) groups is 1. The molecule has 0 radical (unpaired) electrons. The summed E-state index contributed by atoms with van der Waals surface area (Å²) in [5.74, 6) is 0.323. The lowest BCUT2D eigenvalue weighted by atomic mass is 10.1. The molecule has 0 bridgehead atoms. The van der Waals surface area contributed by atoms with E-state index in [0.717, 1.165) is 17.4 Å². The van der Waals surface area contributed by atoms with Gasteiger partial charge in [-0.15, -0.1) is 0 Å². The number of rotatable bonds is 6. The fourth-order valence-corrected chi connectivity index (χ4v) is 2.81. The lowest BCUT2D eigenvalue weighted by molar-refractivity contribution is 0.0469. The molecule has 6 heteroatoms. The Morgan fingerprint density at radius 1 is 1.04 bits per heavy atom. The summed E-state index contributed by atoms with van der Waals surface area (Å²) in [6.45, 7) is 1.96. The Morgan fingerprint density at radius 2 is 1.85 bits per heavy atom. The second kappa shape index (κ2) is 7.95. The van der Waals surface area contributed by atoms with E-state index in [1.54, 1.807) is 18.2 Å². The Hall–Kier alpha value is -3.28. The van der Waals surface area contributed by atoms with Crippen LogP contribution in [0.4, 0.5) is 0 Å². The van der Waals surface area contributed by atoms with Crippen molar-refractivity contribution in [2.24, 2.45) is 0 Å². The predicted molar refractivity (Wildman–Crippen MR) is 101 cm³/mol. The van der Waals surface area contributed by atoms with Gasteiger partial charge < -0.3 is 18.6 Å². The first-order chi connectivity index (χ1) is 13.0. The molecule has 0 aliphatic heterocycles. The van der Waals surface area contributed by atoms with E-state index in [2.05, 4.69) is 0 Å². The highest BCUT2D eigenvalue weighted by Gasteiger charge is 2.16. The van der Waals surface area contributed by atoms with E-state index >= 15 is 0 Å². The molecule has 3 aromatic rings. The van der Waals surface area contributed by atoms with Crippen molar-refractivity contribution in [3.63, 3.8) is 0 Å². The summed E-state index contributed by atoms with van der Waals surface area (Å²) in [4.78, 5) is 24.4. The van der Waals surface area contributed by atoms with Crippen LogP contribution in [-0.4, -0.2) is 20.2 Å². The second-order valence-electron chi connectivity index (χ2n) is 5.92. The highest BCUT2D eigenvalue weighted by molar-refractivity contribution is 5.93. The number of fused-ring (bicyclic) bond motifs is 1. The van der Waals surface area contributed by atoms with Crippen LogP contribution >= 0.6 is 0 Å². The Balaban J connectivity index is 1.89. The van der Waals surface area contributed by atoms with Crippen LogP contribution in [0.1, 0.15) is 28.4 Å². The highest BCUT2D eigenvalue weighted by Crippen LogP contribution is 2.26. The van der Waals surface area contributed by atoms with Crippen molar-refractivity contribution in [3.05, 3.63) is 69.6 Å². The highest BCUT2D eigenvalue weighted by atomic mass is 16.5. The lowest BCUT2D eigenvalue weighted by Gasteiger charge is -2.11. The van der Waals surface area contributed by atoms with Crippen molar-refractivity contribution in [2.45, 2.75) is 20.0 Å². The minimum Gasteiger partial charge on any atom is -0.497 e. The minimum absolute atomic E-state index is 0.0627. The maximum atomic E-state index is 12.5. The van der Waals surface area contributed by atoms with E-state index in [1.165, 1.54) is 20.3 Å². The SMILES string of the molecule is CCc1ccc2c(COC(=O)c3cc(OC)ccc3OC)cc(=O)oc2c1. The summed E-state index contributed by atoms with van der Waals surface area (Å²) in [5.41, 5.74) is 1.88. The number of esters is 1. The molecule has 0 spiro atoms. The van der Waals surface area contributed by atoms with Crippen LogP contribution in [-0.2, 0) is 17.8 Å². The largest absolute Gasteiger partial charge is 0.497 e. The molecule has 0 saturated carbocycles. The summed E-state index contributed by atoms with van der Waals surface area (Å²) >= 11 is 0. The molecule has 0 aliphatic carbocycles. The van der Waals surface area contributed by atoms with Gasteiger partial charge in [0.2, 0.25) is 0 Å². The van der Waals surface area contributed by atoms with Crippen LogP contribution in [0.15, 0.2) is 51.7 Å². The van der Waals surface area contributed by atoms with Crippen LogP contribution in [0.3, 0.4) is 0 Å². The number of aryl methyl sites for hydroxylation is 1. The van der Waals surface area contributed by atoms with Gasteiger partial charge in [-0.1, -0.05) is 19.1 Å². The third-order valence-electron chi connectivity index (χ3n) is 4.29. The second-order valence-corrected chi connectivity index (χ2v) is 5.92. The molecule has 140 valence electrons. The third kappa shape index (κ3) is 3.95. The molecule has 0 aliphatic rings. The number of hydrogen-bond acceptors (Lipinski definition) is 6. The van der Waals surface area contributed by atoms with Crippen LogP contribution in [0.25, 0.3) is 11.0 Å². The Morgan fingerprint density at radius 3 is 2.56 bits per heavy atom. The molecule has 0 atom stereocenters. The van der Waals surface area contributed by atoms with E-state index in [9.17, 15) is 9.59 Å². The summed E-state index contributed by atoms with van der Waals surface area (Å²) < 4.78 is 21.0. The molecule has 0 saturated heterocycles. The Kier molecular flexibility index (Phi) is 5.45. The summed E-state index contributed by atoms with van der Waals surface area (Å²) in [7, 11) is 2.98. The molecule has 1 heterocycles. The molecular formula is C21H20O6. The van der Waals surface area contributed by atoms with E-state index in [0.29, 0.717) is 22.6 Å². The fraction of sp³-hybridized carbons (Fsp3) is 0.238. The molecule has 27 heavy (non-hydrogen) atoms. The quantitative estimate of drug-likeness (QED) is 0.487. The average Bonchev–Trinajstić information content (AvgIpc) is 2.70. The smallest absolute Gasteiger partial charge is 0.342 e. The minimum atomic E-state index is -0.572. The van der Waals surface area contributed by atoms with Gasteiger partial charge in [-0.2, -0.15) is 0 Å². The van der Waals surface area contributed by atoms with Crippen LogP contribution in [0.2, 0.25) is 0 Å². The van der Waals surface area contributed by atoms with Crippen molar-refractivity contribution >= 4 is 16.9 Å². The first-order valence-electron chi connectivity index (χ1n) is 8.50. The summed E-state index contributed by atoms with van der Waals surface area (Å²) in [6.07, 6.45) is 0.828. The van der Waals surface area contributed by atoms with Gasteiger partial charge in [0.25, 0.3) is 0 Å². The maximum absolute atomic E-state index is 12.5. The van der Waals surface area contributed by atoms with Crippen LogP contribution in [0.5, 0.6) is 11.5 Å². The zero-order chi connectivity index (χ0) is 19.4. The molecule has 0 unspecified atom stereocenters. The monoisotopic (exact) mass is 368 g/mol. The molecule has 0 N–H and O–H groups in total. The van der Waals surface area contributed by atoms with Crippen molar-refractivity contribution in [3.8, 4) is 11.5 Å². The summed E-state index contributed by atoms with van der Waals surface area (Å²) in [6, 6.07) is 11.9. The van der Waals surface area contributed by atoms with Gasteiger partial charge in [-0.05, 0) is 36.2 Å². The zero-order valence-corrected chi connectivity index (χ0v) is 15.4. The standard InChI is InChI=1S/C21H20O6/c1-4-13-5-7-16-14(10-20(22)27-19(16)9-13)12-26-21(23)17-11-15(24-2)6-8-18(17)25-3/h5-11H,4,12H2,1-3H3. The molecule has 0 fully saturated rings. The number of carbonyl (C=O) groups excluding carboxylic acids is 1. The number of benzene rings is 2. The summed E-state index contributed by atoms with van der Waals surface area (Å²) in [5, 5.41) is 0.734. The molecule has 2 aromatic carbocycles. The molecule has 3 rings (SSSR count). The molecule has 1 aromatic heterocycles. The van der Waals surface area contributed by atoms with Gasteiger partial charge in [0.05, 0.1) is 14.2 Å². The van der Waals surface area contributed by atoms with E-state index in [4.69, 9.17) is 18.6 Å². The lowest BCUT2D eigenvalue weighted by Crippen LogP contribution is -2.09. The van der Waals surface area contributed by atoms with Gasteiger partial charge in [0.15, 0.2) is 0 Å². The van der Waals surface area contributed by atoms with Crippen LogP contribution in [0, 0.1) is 0 Å². The first kappa shape index (κ1) is 18.5. The first-order valence-corrected chi connectivity index (χ1v) is 8.50. The fourth-order valence-electron chi connectivity index (χ4n) is 2.81. The number of ether oxygens (including phenoxy) is 3. The van der Waals surface area contributed by atoms with Gasteiger partial charge in [0, 0.05) is 17.0 Å². The van der Waals surface area contributed by atoms with Crippen molar-refractivity contribution in [2.75, 3.05) is 14.2 Å². The maximum Gasteiger partial charge on any atom is 0.342 e. The van der Waals surface area contributed by atoms with Crippen LogP contribution < -0.4 is 15.1 Å².